The molecule has 11 N–H and O–H groups in total. The maximum Gasteiger partial charge on any atom is 0.243 e. The van der Waals surface area contributed by atoms with Crippen LogP contribution in [0.1, 0.15) is 83.1 Å². The summed E-state index contributed by atoms with van der Waals surface area (Å²) in [5, 5.41) is 33.4. The summed E-state index contributed by atoms with van der Waals surface area (Å²) in [6, 6.07) is 2.17. The van der Waals surface area contributed by atoms with Gasteiger partial charge in [0.25, 0.3) is 0 Å². The summed E-state index contributed by atoms with van der Waals surface area (Å²) in [6.45, 7) is 4.69. The largest absolute Gasteiger partial charge is 0.508 e. The second-order valence-corrected chi connectivity index (χ2v) is 11.2. The van der Waals surface area contributed by atoms with Gasteiger partial charge in [0, 0.05) is 38.2 Å². The van der Waals surface area contributed by atoms with Gasteiger partial charge in [0.2, 0.25) is 29.5 Å². The molecule has 0 bridgehead atoms. The van der Waals surface area contributed by atoms with E-state index in [0.717, 1.165) is 70.5 Å². The fraction of sp³-hybridized carbons (Fsp3) is 0.645. The van der Waals surface area contributed by atoms with Gasteiger partial charge in [0.1, 0.15) is 17.5 Å². The molecule has 0 aromatic heterocycles. The van der Waals surface area contributed by atoms with Crippen LogP contribution >= 0.6 is 0 Å². The normalized spacial score (nSPS) is 12.1. The van der Waals surface area contributed by atoms with Crippen molar-refractivity contribution >= 4 is 29.5 Å². The Balaban J connectivity index is 2.05. The number of carbonyl (C=O) groups is 5. The predicted molar refractivity (Wildman–Crippen MR) is 171 cm³/mol. The van der Waals surface area contributed by atoms with Crippen LogP contribution in [0.2, 0.25) is 0 Å². The first-order valence-corrected chi connectivity index (χ1v) is 15.8. The van der Waals surface area contributed by atoms with E-state index in [4.69, 9.17) is 11.5 Å². The first-order chi connectivity index (χ1) is 21.5. The Morgan fingerprint density at radius 2 is 1.33 bits per heavy atom. The van der Waals surface area contributed by atoms with Crippen LogP contribution in [0.5, 0.6) is 11.5 Å². The third-order valence-corrected chi connectivity index (χ3v) is 7.04. The van der Waals surface area contributed by atoms with E-state index in [0.29, 0.717) is 32.5 Å². The Labute approximate surface area is 265 Å². The molecule has 14 heteroatoms. The summed E-state index contributed by atoms with van der Waals surface area (Å²) in [5.41, 5.74) is 11.4. The number of amides is 5. The van der Waals surface area contributed by atoms with Crippen LogP contribution in [0, 0.1) is 0 Å². The minimum Gasteiger partial charge on any atom is -0.508 e. The summed E-state index contributed by atoms with van der Waals surface area (Å²) < 4.78 is 0. The number of hydrogen-bond donors (Lipinski definition) is 9. The standard InChI is InChI=1S/C31H53N7O7/c1-22(39)35-17-9-11-25(32)30(44)36-18-10-15-34-14-7-5-3-2-4-6-8-16-37-31(45)26(21-28(33)42)38-29(43)19-23-12-13-24(40)20-27(23)41/h12-13,20,25-26,34,40-41H,2-11,14-19,21,32H2,1H3,(H2,33,42)(H,35,39)(H,36,44)(H,37,45)(H,38,43)/t25-,26-/m0/s1. The van der Waals surface area contributed by atoms with Crippen LogP contribution in [-0.4, -0.2) is 84.6 Å². The summed E-state index contributed by atoms with van der Waals surface area (Å²) >= 11 is 0. The molecule has 0 spiro atoms. The third kappa shape index (κ3) is 19.9. The number of benzene rings is 1. The van der Waals surface area contributed by atoms with Crippen molar-refractivity contribution in [3.8, 4) is 11.5 Å². The average Bonchev–Trinajstić information content (AvgIpc) is 2.97. The van der Waals surface area contributed by atoms with Gasteiger partial charge in [-0.25, -0.2) is 0 Å². The molecule has 0 radical (unpaired) electrons. The minimum atomic E-state index is -1.11. The molecule has 0 aliphatic carbocycles. The minimum absolute atomic E-state index is 0.0918. The second kappa shape index (κ2) is 23.5. The number of hydrogen-bond acceptors (Lipinski definition) is 9. The molecule has 0 aliphatic rings. The molecule has 0 fully saturated rings. The Bertz CT molecular complexity index is 1070. The number of nitrogens with one attached hydrogen (secondary N) is 5. The molecular formula is C31H53N7O7. The highest BCUT2D eigenvalue weighted by molar-refractivity contribution is 5.92. The SMILES string of the molecule is CC(=O)NCCC[C@H](N)C(=O)NCCCNCCCCCCCCCNC(=O)[C@H](CC(N)=O)NC(=O)Cc1ccc(O)cc1O. The van der Waals surface area contributed by atoms with Crippen molar-refractivity contribution in [2.45, 2.75) is 96.1 Å². The van der Waals surface area contributed by atoms with E-state index in [1.165, 1.54) is 19.1 Å². The summed E-state index contributed by atoms with van der Waals surface area (Å²) in [4.78, 5) is 59.2. The number of rotatable bonds is 25. The summed E-state index contributed by atoms with van der Waals surface area (Å²) in [5.74, 6) is -2.43. The van der Waals surface area contributed by atoms with Gasteiger partial charge in [-0.05, 0) is 51.3 Å². The maximum atomic E-state index is 12.6. The lowest BCUT2D eigenvalue weighted by molar-refractivity contribution is -0.131. The van der Waals surface area contributed by atoms with Crippen molar-refractivity contribution in [3.63, 3.8) is 0 Å². The zero-order chi connectivity index (χ0) is 33.5. The van der Waals surface area contributed by atoms with E-state index in [1.54, 1.807) is 0 Å². The molecular weight excluding hydrogens is 582 g/mol. The van der Waals surface area contributed by atoms with Crippen molar-refractivity contribution in [1.82, 2.24) is 26.6 Å². The zero-order valence-electron chi connectivity index (χ0n) is 26.5. The molecule has 0 unspecified atom stereocenters. The van der Waals surface area contributed by atoms with Crippen LogP contribution in [0.3, 0.4) is 0 Å². The third-order valence-electron chi connectivity index (χ3n) is 7.04. The van der Waals surface area contributed by atoms with Gasteiger partial charge in [-0.2, -0.15) is 0 Å². The van der Waals surface area contributed by atoms with Gasteiger partial charge < -0.3 is 48.3 Å². The molecule has 14 nitrogen and oxygen atoms in total. The van der Waals surface area contributed by atoms with E-state index >= 15 is 0 Å². The molecule has 0 saturated heterocycles. The average molecular weight is 636 g/mol. The van der Waals surface area contributed by atoms with Crippen molar-refractivity contribution < 1.29 is 34.2 Å². The first-order valence-electron chi connectivity index (χ1n) is 15.8. The number of aromatic hydroxyl groups is 2. The number of primary amides is 1. The zero-order valence-corrected chi connectivity index (χ0v) is 26.5. The van der Waals surface area contributed by atoms with Gasteiger partial charge in [-0.1, -0.05) is 38.2 Å². The first kappa shape index (κ1) is 39.1. The molecule has 2 atom stereocenters. The fourth-order valence-corrected chi connectivity index (χ4v) is 4.52. The van der Waals surface area contributed by atoms with Crippen LogP contribution in [0.15, 0.2) is 18.2 Å². The van der Waals surface area contributed by atoms with E-state index in [-0.39, 0.29) is 41.7 Å². The highest BCUT2D eigenvalue weighted by Crippen LogP contribution is 2.22. The Hall–Kier alpha value is -3.91. The van der Waals surface area contributed by atoms with Crippen molar-refractivity contribution in [1.29, 1.82) is 0 Å². The van der Waals surface area contributed by atoms with Gasteiger partial charge in [0.15, 0.2) is 0 Å². The highest BCUT2D eigenvalue weighted by Gasteiger charge is 2.23. The second-order valence-electron chi connectivity index (χ2n) is 11.2. The molecule has 0 heterocycles. The van der Waals surface area contributed by atoms with Gasteiger partial charge >= 0.3 is 0 Å². The van der Waals surface area contributed by atoms with Crippen LogP contribution in [0.4, 0.5) is 0 Å². The topological polar surface area (TPSA) is 238 Å². The fourth-order valence-electron chi connectivity index (χ4n) is 4.52. The molecule has 254 valence electrons. The van der Waals surface area contributed by atoms with E-state index in [9.17, 15) is 34.2 Å². The van der Waals surface area contributed by atoms with Crippen LogP contribution in [-0.2, 0) is 30.4 Å². The lowest BCUT2D eigenvalue weighted by atomic mass is 10.1. The molecule has 5 amide bonds. The molecule has 0 aliphatic heterocycles. The molecule has 1 aromatic rings. The van der Waals surface area contributed by atoms with Crippen molar-refractivity contribution in [2.75, 3.05) is 32.7 Å². The summed E-state index contributed by atoms with van der Waals surface area (Å²) in [6.07, 6.45) is 8.58. The van der Waals surface area contributed by atoms with Gasteiger partial charge in [0.05, 0.1) is 18.9 Å². The number of carbonyl (C=O) groups excluding carboxylic acids is 5. The van der Waals surface area contributed by atoms with Crippen molar-refractivity contribution in [3.05, 3.63) is 23.8 Å². The number of phenols is 2. The lowest BCUT2D eigenvalue weighted by Crippen LogP contribution is -2.49. The highest BCUT2D eigenvalue weighted by atomic mass is 16.3. The quantitative estimate of drug-likeness (QED) is 0.0666. The molecule has 45 heavy (non-hydrogen) atoms. The Morgan fingerprint density at radius 1 is 0.756 bits per heavy atom. The van der Waals surface area contributed by atoms with Crippen LogP contribution < -0.4 is 38.1 Å². The van der Waals surface area contributed by atoms with E-state index < -0.39 is 29.8 Å². The monoisotopic (exact) mass is 635 g/mol. The number of nitrogens with two attached hydrogens (primary N) is 2. The Kier molecular flexibility index (Phi) is 20.4. The van der Waals surface area contributed by atoms with E-state index in [1.807, 2.05) is 0 Å². The summed E-state index contributed by atoms with van der Waals surface area (Å²) in [7, 11) is 0. The number of unbranched alkanes of at least 4 members (excludes halogenated alkanes) is 6. The van der Waals surface area contributed by atoms with Gasteiger partial charge in [-0.3, -0.25) is 24.0 Å². The number of phenolic OH excluding ortho intramolecular Hbond substituents is 2. The van der Waals surface area contributed by atoms with Crippen LogP contribution in [0.25, 0.3) is 0 Å². The van der Waals surface area contributed by atoms with E-state index in [2.05, 4.69) is 26.6 Å². The molecule has 0 saturated carbocycles. The van der Waals surface area contributed by atoms with Crippen molar-refractivity contribution in [2.24, 2.45) is 11.5 Å². The molecule has 1 rings (SSSR count). The smallest absolute Gasteiger partial charge is 0.243 e. The van der Waals surface area contributed by atoms with Gasteiger partial charge in [-0.15, -0.1) is 0 Å². The predicted octanol–water partition coefficient (Wildman–Crippen LogP) is 0.187. The maximum absolute atomic E-state index is 12.6. The Morgan fingerprint density at radius 3 is 1.98 bits per heavy atom. The lowest BCUT2D eigenvalue weighted by Gasteiger charge is -2.17. The molecule has 1 aromatic carbocycles.